The van der Waals surface area contributed by atoms with Crippen LogP contribution in [0.25, 0.3) is 89.1 Å². The van der Waals surface area contributed by atoms with Crippen LogP contribution in [0.4, 0.5) is 0 Å². The van der Waals surface area contributed by atoms with Crippen LogP contribution >= 0.6 is 0 Å². The van der Waals surface area contributed by atoms with Crippen LogP contribution in [-0.4, -0.2) is 28.9 Å². The van der Waals surface area contributed by atoms with Gasteiger partial charge in [0.15, 0.2) is 11.6 Å². The summed E-state index contributed by atoms with van der Waals surface area (Å²) in [4.78, 5) is 34.6. The molecule has 0 aliphatic carbocycles. The van der Waals surface area contributed by atoms with Crippen LogP contribution < -0.4 is 5.56 Å². The van der Waals surface area contributed by atoms with Gasteiger partial charge in [-0.05, 0) is 23.6 Å². The van der Waals surface area contributed by atoms with Crippen molar-refractivity contribution >= 4 is 49.0 Å². The molecule has 0 aliphatic rings. The lowest BCUT2D eigenvalue weighted by atomic mass is 10.0. The van der Waals surface area contributed by atoms with Crippen LogP contribution in [0.3, 0.4) is 0 Å². The van der Waals surface area contributed by atoms with Crippen molar-refractivity contribution in [2.45, 2.75) is 0 Å². The van der Waals surface area contributed by atoms with Crippen molar-refractivity contribution in [3.8, 4) is 40.1 Å². The van der Waals surface area contributed by atoms with Gasteiger partial charge >= 0.3 is 0 Å². The van der Waals surface area contributed by atoms with Gasteiger partial charge in [0.05, 0.1) is 16.6 Å². The third-order valence-corrected chi connectivity index (χ3v) is 9.13. The normalized spacial score (nSPS) is 11.8. The van der Waals surface area contributed by atoms with Gasteiger partial charge in [0.25, 0.3) is 5.56 Å². The zero-order valence-electron chi connectivity index (χ0n) is 25.4. The van der Waals surface area contributed by atoms with Crippen molar-refractivity contribution < 1.29 is 0 Å². The predicted molar refractivity (Wildman–Crippen MR) is 192 cm³/mol. The first-order valence-corrected chi connectivity index (χ1v) is 15.8. The summed E-state index contributed by atoms with van der Waals surface area (Å²) in [6, 6.07) is 48.1. The molecule has 0 spiro atoms. The second-order valence-corrected chi connectivity index (χ2v) is 11.9. The van der Waals surface area contributed by atoms with Crippen molar-refractivity contribution in [3.63, 3.8) is 0 Å². The van der Waals surface area contributed by atoms with E-state index in [1.54, 1.807) is 4.40 Å². The minimum absolute atomic E-state index is 0.0833. The summed E-state index contributed by atoms with van der Waals surface area (Å²) in [6.07, 6.45) is 0. The Hall–Kier alpha value is -6.73. The monoisotopic (exact) mass is 616 g/mol. The molecule has 0 aliphatic heterocycles. The summed E-state index contributed by atoms with van der Waals surface area (Å²) in [7, 11) is 0. The van der Waals surface area contributed by atoms with E-state index >= 15 is 0 Å². The molecule has 6 aromatic carbocycles. The lowest BCUT2D eigenvalue weighted by molar-refractivity contribution is 0.954. The number of imidazole rings is 1. The number of hydrogen-bond donors (Lipinski definition) is 0. The van der Waals surface area contributed by atoms with E-state index in [9.17, 15) is 4.79 Å². The second kappa shape index (κ2) is 10.1. The van der Waals surface area contributed by atoms with Crippen LogP contribution in [0.15, 0.2) is 150 Å². The Morgan fingerprint density at radius 3 is 1.65 bits per heavy atom. The van der Waals surface area contributed by atoms with E-state index in [2.05, 4.69) is 22.8 Å². The number of hydrogen-bond acceptors (Lipinski definition) is 5. The smallest absolute Gasteiger partial charge is 0.264 e. The molecule has 4 heterocycles. The predicted octanol–water partition coefficient (Wildman–Crippen LogP) is 8.72. The summed E-state index contributed by atoms with van der Waals surface area (Å²) in [6.45, 7) is 0. The summed E-state index contributed by atoms with van der Waals surface area (Å²) in [5, 5.41) is 4.39. The molecule has 0 fully saturated rings. The van der Waals surface area contributed by atoms with Crippen LogP contribution in [0.1, 0.15) is 0 Å². The van der Waals surface area contributed by atoms with Crippen LogP contribution in [0, 0.1) is 0 Å². The van der Waals surface area contributed by atoms with Crippen LogP contribution in [0.5, 0.6) is 0 Å². The van der Waals surface area contributed by atoms with E-state index in [0.717, 1.165) is 60.3 Å². The lowest BCUT2D eigenvalue weighted by Crippen LogP contribution is -2.14. The molecule has 0 saturated carbocycles. The minimum atomic E-state index is -0.0833. The van der Waals surface area contributed by atoms with Crippen molar-refractivity contribution in [2.75, 3.05) is 0 Å². The van der Waals surface area contributed by atoms with Gasteiger partial charge in [-0.2, -0.15) is 9.97 Å². The van der Waals surface area contributed by atoms with Gasteiger partial charge in [-0.15, -0.1) is 0 Å². The van der Waals surface area contributed by atoms with Crippen molar-refractivity contribution in [1.82, 2.24) is 28.9 Å². The fourth-order valence-electron chi connectivity index (χ4n) is 7.01. The Balaban J connectivity index is 1.40. The zero-order chi connectivity index (χ0) is 31.8. The topological polar surface area (TPSA) is 78.0 Å². The Kier molecular flexibility index (Phi) is 5.59. The van der Waals surface area contributed by atoms with Gasteiger partial charge in [-0.25, -0.2) is 9.97 Å². The van der Waals surface area contributed by atoms with Crippen molar-refractivity contribution in [2.24, 2.45) is 0 Å². The van der Waals surface area contributed by atoms with Gasteiger partial charge in [0.1, 0.15) is 11.3 Å². The number of pyridine rings is 1. The molecule has 0 N–H and O–H groups in total. The Bertz CT molecular complexity index is 2840. The summed E-state index contributed by atoms with van der Waals surface area (Å²) in [5.41, 5.74) is 5.99. The molecular weight excluding hydrogens is 592 g/mol. The molecular formula is C41H24N6O. The van der Waals surface area contributed by atoms with Gasteiger partial charge in [0, 0.05) is 38.2 Å². The van der Waals surface area contributed by atoms with Gasteiger partial charge in [-0.3, -0.25) is 13.8 Å². The molecule has 7 heteroatoms. The first-order chi connectivity index (χ1) is 23.7. The summed E-state index contributed by atoms with van der Waals surface area (Å²) < 4.78 is 3.90. The van der Waals surface area contributed by atoms with Crippen molar-refractivity contribution in [3.05, 3.63) is 156 Å². The van der Waals surface area contributed by atoms with E-state index in [1.165, 1.54) is 0 Å². The zero-order valence-corrected chi connectivity index (χ0v) is 25.4. The van der Waals surface area contributed by atoms with E-state index < -0.39 is 0 Å². The average Bonchev–Trinajstić information content (AvgIpc) is 3.72. The molecule has 10 aromatic rings. The third kappa shape index (κ3) is 3.78. The van der Waals surface area contributed by atoms with Gasteiger partial charge in [-0.1, -0.05) is 127 Å². The number of para-hydroxylation sites is 1. The maximum Gasteiger partial charge on any atom is 0.264 e. The average molecular weight is 617 g/mol. The quantitative estimate of drug-likeness (QED) is 0.185. The Labute approximate surface area is 273 Å². The number of nitrogens with zero attached hydrogens (tertiary/aromatic N) is 6. The second-order valence-electron chi connectivity index (χ2n) is 11.9. The standard InChI is InChI=1S/C41H24N6O/c48-40-29-21-11-10-20-28(29)31-24-33-34(35-36(31)47(40)39(42-35)27-18-8-3-9-19-27)30-22-12-13-23-32(30)46(33)41-44-37(25-14-4-1-5-15-25)43-38(45-41)26-16-6-2-7-17-26/h1-24H. The fourth-order valence-corrected chi connectivity index (χ4v) is 7.01. The highest BCUT2D eigenvalue weighted by Gasteiger charge is 2.25. The highest BCUT2D eigenvalue weighted by atomic mass is 16.1. The van der Waals surface area contributed by atoms with Gasteiger partial charge < -0.3 is 0 Å². The molecule has 0 amide bonds. The molecule has 4 aromatic heterocycles. The number of benzene rings is 6. The third-order valence-electron chi connectivity index (χ3n) is 9.13. The SMILES string of the molecule is O=c1c2ccccc2c2cc3c(c4ccccc4n3-c3nc(-c4ccccc4)nc(-c4ccccc4)n3)c3nc(-c4ccccc4)n1c23. The van der Waals surface area contributed by atoms with Crippen molar-refractivity contribution in [1.29, 1.82) is 0 Å². The maximum absolute atomic E-state index is 14.2. The molecule has 7 nitrogen and oxygen atoms in total. The molecule has 0 bridgehead atoms. The first kappa shape index (κ1) is 26.5. The molecule has 48 heavy (non-hydrogen) atoms. The molecule has 0 unspecified atom stereocenters. The highest BCUT2D eigenvalue weighted by Crippen LogP contribution is 2.41. The Morgan fingerprint density at radius 2 is 1.00 bits per heavy atom. The number of fused-ring (bicyclic) bond motifs is 6. The number of aromatic nitrogens is 6. The molecule has 0 radical (unpaired) electrons. The molecule has 224 valence electrons. The fraction of sp³-hybridized carbons (Fsp3) is 0. The lowest BCUT2D eigenvalue weighted by Gasteiger charge is -2.11. The van der Waals surface area contributed by atoms with Gasteiger partial charge in [0.2, 0.25) is 5.95 Å². The maximum atomic E-state index is 14.2. The van der Waals surface area contributed by atoms with E-state index in [4.69, 9.17) is 19.9 Å². The largest absolute Gasteiger partial charge is 0.278 e. The van der Waals surface area contributed by atoms with Crippen LogP contribution in [0.2, 0.25) is 0 Å². The Morgan fingerprint density at radius 1 is 0.458 bits per heavy atom. The molecule has 0 saturated heterocycles. The molecule has 0 atom stereocenters. The first-order valence-electron chi connectivity index (χ1n) is 15.8. The van der Waals surface area contributed by atoms with Crippen LogP contribution in [-0.2, 0) is 0 Å². The summed E-state index contributed by atoms with van der Waals surface area (Å²) >= 11 is 0. The summed E-state index contributed by atoms with van der Waals surface area (Å²) in [5.74, 6) is 2.29. The number of rotatable bonds is 4. The van der Waals surface area contributed by atoms with E-state index in [-0.39, 0.29) is 5.56 Å². The molecule has 10 rings (SSSR count). The van der Waals surface area contributed by atoms with E-state index in [1.807, 2.05) is 127 Å². The van der Waals surface area contributed by atoms with E-state index in [0.29, 0.717) is 28.8 Å². The highest BCUT2D eigenvalue weighted by molar-refractivity contribution is 6.27. The minimum Gasteiger partial charge on any atom is -0.278 e.